The van der Waals surface area contributed by atoms with Crippen molar-refractivity contribution >= 4 is 10.8 Å². The van der Waals surface area contributed by atoms with Gasteiger partial charge in [0.15, 0.2) is 0 Å². The fourth-order valence-corrected chi connectivity index (χ4v) is 3.71. The first-order chi connectivity index (χ1) is 10.1. The smallest absolute Gasteiger partial charge is 0.0294 e. The molecule has 1 heteroatoms. The van der Waals surface area contributed by atoms with E-state index in [1.807, 2.05) is 0 Å². The largest absolute Gasteiger partial charge is 0.307 e. The molecule has 21 heavy (non-hydrogen) atoms. The van der Waals surface area contributed by atoms with Gasteiger partial charge in [-0.25, -0.2) is 0 Å². The van der Waals surface area contributed by atoms with Gasteiger partial charge in [-0.1, -0.05) is 63.1 Å². The Balaban J connectivity index is 1.75. The molecule has 1 saturated carbocycles. The van der Waals surface area contributed by atoms with Gasteiger partial charge in [-0.2, -0.15) is 0 Å². The first kappa shape index (κ1) is 14.6. The van der Waals surface area contributed by atoms with Crippen molar-refractivity contribution in [1.29, 1.82) is 0 Å². The predicted molar refractivity (Wildman–Crippen MR) is 91.5 cm³/mol. The fourth-order valence-electron chi connectivity index (χ4n) is 3.71. The van der Waals surface area contributed by atoms with Crippen molar-refractivity contribution < 1.29 is 0 Å². The lowest BCUT2D eigenvalue weighted by molar-refractivity contribution is 0.196. The standard InChI is InChI=1S/C20H27N/c1-14-7-6-10-20(15(14)2)21-16(3)18-12-11-17-8-4-5-9-19(17)13-18/h4-5,8-9,11-16,20-21H,6-7,10H2,1-3H3. The second kappa shape index (κ2) is 6.19. The van der Waals surface area contributed by atoms with Gasteiger partial charge < -0.3 is 5.32 Å². The summed E-state index contributed by atoms with van der Waals surface area (Å²) in [5.41, 5.74) is 1.40. The highest BCUT2D eigenvalue weighted by molar-refractivity contribution is 5.83. The number of nitrogens with one attached hydrogen (secondary N) is 1. The van der Waals surface area contributed by atoms with Crippen molar-refractivity contribution in [3.63, 3.8) is 0 Å². The highest BCUT2D eigenvalue weighted by Gasteiger charge is 2.27. The lowest BCUT2D eigenvalue weighted by atomic mass is 9.77. The highest BCUT2D eigenvalue weighted by Crippen LogP contribution is 2.31. The molecule has 4 atom stereocenters. The average molecular weight is 281 g/mol. The molecule has 0 aliphatic heterocycles. The van der Waals surface area contributed by atoms with E-state index < -0.39 is 0 Å². The van der Waals surface area contributed by atoms with E-state index in [2.05, 4.69) is 68.6 Å². The Morgan fingerprint density at radius 2 is 1.76 bits per heavy atom. The maximum Gasteiger partial charge on any atom is 0.0294 e. The molecule has 1 aliphatic rings. The van der Waals surface area contributed by atoms with Crippen molar-refractivity contribution in [1.82, 2.24) is 5.32 Å². The van der Waals surface area contributed by atoms with Gasteiger partial charge in [-0.15, -0.1) is 0 Å². The Morgan fingerprint density at radius 1 is 1.00 bits per heavy atom. The van der Waals surface area contributed by atoms with Crippen LogP contribution in [0.1, 0.15) is 51.6 Å². The topological polar surface area (TPSA) is 12.0 Å². The van der Waals surface area contributed by atoms with Crippen molar-refractivity contribution in [2.75, 3.05) is 0 Å². The van der Waals surface area contributed by atoms with Crippen LogP contribution < -0.4 is 5.32 Å². The molecule has 0 radical (unpaired) electrons. The Bertz CT molecular complexity index is 604. The van der Waals surface area contributed by atoms with Crippen molar-refractivity contribution in [2.24, 2.45) is 11.8 Å². The molecule has 1 N–H and O–H groups in total. The van der Waals surface area contributed by atoms with Crippen molar-refractivity contribution in [2.45, 2.75) is 52.1 Å². The number of benzene rings is 2. The van der Waals surface area contributed by atoms with Crippen molar-refractivity contribution in [3.05, 3.63) is 48.0 Å². The summed E-state index contributed by atoms with van der Waals surface area (Å²) in [5, 5.41) is 6.55. The Kier molecular flexibility index (Phi) is 4.30. The third kappa shape index (κ3) is 3.13. The van der Waals surface area contributed by atoms with E-state index >= 15 is 0 Å². The molecule has 2 aromatic carbocycles. The monoisotopic (exact) mass is 281 g/mol. The molecule has 2 aromatic rings. The van der Waals surface area contributed by atoms with Crippen LogP contribution in [0.5, 0.6) is 0 Å². The van der Waals surface area contributed by atoms with Gasteiger partial charge in [-0.3, -0.25) is 0 Å². The zero-order valence-corrected chi connectivity index (χ0v) is 13.5. The summed E-state index contributed by atoms with van der Waals surface area (Å²) in [4.78, 5) is 0. The Labute approximate surface area is 128 Å². The fraction of sp³-hybridized carbons (Fsp3) is 0.500. The van der Waals surface area contributed by atoms with Crippen LogP contribution in [0, 0.1) is 11.8 Å². The number of fused-ring (bicyclic) bond motifs is 1. The first-order valence-corrected chi connectivity index (χ1v) is 8.40. The molecular formula is C20H27N. The normalized spacial score (nSPS) is 27.7. The molecule has 0 bridgehead atoms. The third-order valence-electron chi connectivity index (χ3n) is 5.44. The quantitative estimate of drug-likeness (QED) is 0.803. The van der Waals surface area contributed by atoms with E-state index in [9.17, 15) is 0 Å². The Morgan fingerprint density at radius 3 is 2.57 bits per heavy atom. The molecule has 0 saturated heterocycles. The molecule has 1 nitrogen and oxygen atoms in total. The summed E-state index contributed by atoms with van der Waals surface area (Å²) < 4.78 is 0. The minimum atomic E-state index is 0.423. The van der Waals surface area contributed by atoms with Gasteiger partial charge in [0.2, 0.25) is 0 Å². The van der Waals surface area contributed by atoms with E-state index in [-0.39, 0.29) is 0 Å². The summed E-state index contributed by atoms with van der Waals surface area (Å²) in [6.45, 7) is 7.11. The Hall–Kier alpha value is -1.34. The second-order valence-electron chi connectivity index (χ2n) is 6.87. The molecule has 1 fully saturated rings. The predicted octanol–water partition coefficient (Wildman–Crippen LogP) is 5.32. The van der Waals surface area contributed by atoms with Crippen LogP contribution in [0.2, 0.25) is 0 Å². The third-order valence-corrected chi connectivity index (χ3v) is 5.44. The van der Waals surface area contributed by atoms with Crippen LogP contribution in [0.25, 0.3) is 10.8 Å². The molecule has 0 heterocycles. The summed E-state index contributed by atoms with van der Waals surface area (Å²) in [6.07, 6.45) is 4.08. The summed E-state index contributed by atoms with van der Waals surface area (Å²) in [5.74, 6) is 1.63. The molecule has 0 spiro atoms. The van der Waals surface area contributed by atoms with Crippen LogP contribution in [-0.2, 0) is 0 Å². The summed E-state index contributed by atoms with van der Waals surface area (Å²) >= 11 is 0. The van der Waals surface area contributed by atoms with Gasteiger partial charge in [0.25, 0.3) is 0 Å². The molecule has 112 valence electrons. The SMILES string of the molecule is CC(NC1CCCC(C)C1C)c1ccc2ccccc2c1. The van der Waals surface area contributed by atoms with Crippen LogP contribution in [0.15, 0.2) is 42.5 Å². The van der Waals surface area contributed by atoms with Crippen molar-refractivity contribution in [3.8, 4) is 0 Å². The molecular weight excluding hydrogens is 254 g/mol. The maximum atomic E-state index is 3.88. The molecule has 0 aromatic heterocycles. The first-order valence-electron chi connectivity index (χ1n) is 8.40. The van der Waals surface area contributed by atoms with E-state index in [1.165, 1.54) is 35.6 Å². The summed E-state index contributed by atoms with van der Waals surface area (Å²) in [6, 6.07) is 16.6. The highest BCUT2D eigenvalue weighted by atomic mass is 15.0. The van der Waals surface area contributed by atoms with Gasteiger partial charge in [0.05, 0.1) is 0 Å². The van der Waals surface area contributed by atoms with Gasteiger partial charge in [0.1, 0.15) is 0 Å². The van der Waals surface area contributed by atoms with E-state index in [4.69, 9.17) is 0 Å². The zero-order chi connectivity index (χ0) is 14.8. The number of rotatable bonds is 3. The average Bonchev–Trinajstić information content (AvgIpc) is 2.51. The number of hydrogen-bond acceptors (Lipinski definition) is 1. The molecule has 1 aliphatic carbocycles. The van der Waals surface area contributed by atoms with E-state index in [0.717, 1.165) is 11.8 Å². The van der Waals surface area contributed by atoms with Gasteiger partial charge >= 0.3 is 0 Å². The minimum Gasteiger partial charge on any atom is -0.307 e. The lowest BCUT2D eigenvalue weighted by Gasteiger charge is -2.36. The lowest BCUT2D eigenvalue weighted by Crippen LogP contribution is -2.41. The second-order valence-corrected chi connectivity index (χ2v) is 6.87. The van der Waals surface area contributed by atoms with E-state index in [0.29, 0.717) is 12.1 Å². The van der Waals surface area contributed by atoms with Crippen LogP contribution >= 0.6 is 0 Å². The number of hydrogen-bond donors (Lipinski definition) is 1. The van der Waals surface area contributed by atoms with Crippen LogP contribution in [0.4, 0.5) is 0 Å². The maximum absolute atomic E-state index is 3.88. The van der Waals surface area contributed by atoms with Crippen LogP contribution in [-0.4, -0.2) is 6.04 Å². The minimum absolute atomic E-state index is 0.423. The molecule has 4 unspecified atom stereocenters. The van der Waals surface area contributed by atoms with E-state index in [1.54, 1.807) is 0 Å². The van der Waals surface area contributed by atoms with Gasteiger partial charge in [0, 0.05) is 12.1 Å². The zero-order valence-electron chi connectivity index (χ0n) is 13.5. The molecule has 0 amide bonds. The summed E-state index contributed by atoms with van der Waals surface area (Å²) in [7, 11) is 0. The molecule has 3 rings (SSSR count). The van der Waals surface area contributed by atoms with Crippen LogP contribution in [0.3, 0.4) is 0 Å². The van der Waals surface area contributed by atoms with Gasteiger partial charge in [-0.05, 0) is 47.6 Å².